The first-order valence-electron chi connectivity index (χ1n) is 13.0. The first kappa shape index (κ1) is 32.4. The number of carboxylic acids is 1. The SMILES string of the molecule is COCCOCC1(C(=O)[O-])CCN(Cc2ccc(-c3noc(-c4ccc(CC(C)C)c(Cl)c4)n3)cc2)CC1.[K+]. The number of ether oxygens (including phenoxy) is 2. The Labute approximate surface area is 277 Å². The first-order valence-corrected chi connectivity index (χ1v) is 13.4. The number of benzene rings is 2. The normalized spacial score (nSPS) is 15.3. The number of carbonyl (C=O) groups is 1. The summed E-state index contributed by atoms with van der Waals surface area (Å²) in [5, 5.41) is 16.7. The Bertz CT molecular complexity index is 1210. The Morgan fingerprint density at radius 3 is 2.44 bits per heavy atom. The van der Waals surface area contributed by atoms with Crippen LogP contribution in [0.2, 0.25) is 5.02 Å². The molecule has 4 rings (SSSR count). The zero-order chi connectivity index (χ0) is 27.1. The molecule has 0 aliphatic carbocycles. The van der Waals surface area contributed by atoms with Crippen molar-refractivity contribution in [2.45, 2.75) is 39.7 Å². The van der Waals surface area contributed by atoms with Crippen LogP contribution in [0.4, 0.5) is 0 Å². The van der Waals surface area contributed by atoms with Crippen molar-refractivity contribution in [1.82, 2.24) is 15.0 Å². The third-order valence-electron chi connectivity index (χ3n) is 7.03. The Kier molecular flexibility index (Phi) is 12.6. The first-order chi connectivity index (χ1) is 18.3. The number of aliphatic carboxylic acids is 1. The van der Waals surface area contributed by atoms with E-state index in [2.05, 4.69) is 28.9 Å². The van der Waals surface area contributed by atoms with Crippen molar-refractivity contribution >= 4 is 17.6 Å². The molecule has 0 N–H and O–H groups in total. The number of likely N-dealkylation sites (tertiary alicyclic amines) is 1. The number of methoxy groups -OCH3 is 1. The Morgan fingerprint density at radius 1 is 1.13 bits per heavy atom. The fraction of sp³-hybridized carbons (Fsp3) is 0.483. The number of carboxylic acid groups (broad SMARTS) is 1. The standard InChI is InChI=1S/C29H36ClN3O5.K/c1-20(2)16-23-8-9-24(17-25(23)30)27-31-26(32-38-27)22-6-4-21(5-7-22)18-33-12-10-29(11-13-33,28(34)35)19-37-15-14-36-3;/h4-9,17,20H,10-16,18-19H2,1-3H3,(H,34,35);/q;+1/p-1. The van der Waals surface area contributed by atoms with E-state index >= 15 is 0 Å². The van der Waals surface area contributed by atoms with Crippen molar-refractivity contribution < 1.29 is 75.3 Å². The third-order valence-corrected chi connectivity index (χ3v) is 7.38. The van der Waals surface area contributed by atoms with Gasteiger partial charge in [-0.2, -0.15) is 4.98 Å². The predicted molar refractivity (Wildman–Crippen MR) is 143 cm³/mol. The van der Waals surface area contributed by atoms with E-state index in [0.717, 1.165) is 35.2 Å². The summed E-state index contributed by atoms with van der Waals surface area (Å²) in [7, 11) is 1.59. The molecule has 2 aromatic carbocycles. The van der Waals surface area contributed by atoms with Gasteiger partial charge in [-0.25, -0.2) is 0 Å². The van der Waals surface area contributed by atoms with Gasteiger partial charge in [-0.1, -0.05) is 60.9 Å². The van der Waals surface area contributed by atoms with Crippen molar-refractivity contribution in [1.29, 1.82) is 0 Å². The second-order valence-corrected chi connectivity index (χ2v) is 10.8. The molecule has 1 aliphatic rings. The summed E-state index contributed by atoms with van der Waals surface area (Å²) < 4.78 is 16.0. The van der Waals surface area contributed by atoms with Gasteiger partial charge in [0.2, 0.25) is 5.82 Å². The zero-order valence-electron chi connectivity index (χ0n) is 23.2. The summed E-state index contributed by atoms with van der Waals surface area (Å²) in [5.41, 5.74) is 2.94. The Hall–Kier alpha value is -1.14. The second kappa shape index (κ2) is 15.2. The maximum absolute atomic E-state index is 11.9. The number of carbonyl (C=O) groups excluding carboxylic acids is 1. The van der Waals surface area contributed by atoms with Crippen LogP contribution in [-0.4, -0.2) is 61.0 Å². The number of rotatable bonds is 12. The van der Waals surface area contributed by atoms with Crippen LogP contribution in [0.25, 0.3) is 22.8 Å². The van der Waals surface area contributed by atoms with Crippen LogP contribution in [0, 0.1) is 11.3 Å². The van der Waals surface area contributed by atoms with E-state index in [4.69, 9.17) is 25.6 Å². The molecule has 0 saturated carbocycles. The van der Waals surface area contributed by atoms with Gasteiger partial charge in [0.1, 0.15) is 0 Å². The largest absolute Gasteiger partial charge is 1.00 e. The second-order valence-electron chi connectivity index (χ2n) is 10.4. The predicted octanol–water partition coefficient (Wildman–Crippen LogP) is 1.25. The molecule has 1 aliphatic heterocycles. The molecule has 1 aromatic heterocycles. The van der Waals surface area contributed by atoms with Crippen LogP contribution < -0.4 is 56.5 Å². The number of hydrogen-bond donors (Lipinski definition) is 0. The molecule has 39 heavy (non-hydrogen) atoms. The summed E-state index contributed by atoms with van der Waals surface area (Å²) >= 11 is 6.47. The van der Waals surface area contributed by atoms with Gasteiger partial charge in [0.25, 0.3) is 5.89 Å². The molecular formula is C29H35ClKN3O5. The topological polar surface area (TPSA) is 101 Å². The molecule has 204 valence electrons. The fourth-order valence-electron chi connectivity index (χ4n) is 4.72. The van der Waals surface area contributed by atoms with Crippen LogP contribution in [0.1, 0.15) is 37.8 Å². The minimum absolute atomic E-state index is 0. The van der Waals surface area contributed by atoms with Gasteiger partial charge < -0.3 is 23.9 Å². The van der Waals surface area contributed by atoms with E-state index < -0.39 is 11.4 Å². The number of nitrogens with zero attached hydrogens (tertiary/aromatic N) is 3. The Balaban J connectivity index is 0.00000420. The molecule has 0 radical (unpaired) electrons. The summed E-state index contributed by atoms with van der Waals surface area (Å²) in [6.07, 6.45) is 1.90. The van der Waals surface area contributed by atoms with Gasteiger partial charge in [0.15, 0.2) is 0 Å². The van der Waals surface area contributed by atoms with E-state index in [1.807, 2.05) is 42.5 Å². The van der Waals surface area contributed by atoms with Gasteiger partial charge in [-0.3, -0.25) is 4.90 Å². The van der Waals surface area contributed by atoms with Crippen LogP contribution in [0.15, 0.2) is 47.0 Å². The van der Waals surface area contributed by atoms with E-state index in [1.54, 1.807) is 7.11 Å². The van der Waals surface area contributed by atoms with Gasteiger partial charge in [0, 0.05) is 41.2 Å². The Morgan fingerprint density at radius 2 is 1.82 bits per heavy atom. The molecule has 1 saturated heterocycles. The summed E-state index contributed by atoms with van der Waals surface area (Å²) in [5.74, 6) is 0.428. The summed E-state index contributed by atoms with van der Waals surface area (Å²) in [4.78, 5) is 18.7. The quantitative estimate of drug-likeness (QED) is 0.233. The van der Waals surface area contributed by atoms with Gasteiger partial charge in [0.05, 0.1) is 19.8 Å². The molecule has 0 spiro atoms. The molecule has 2 heterocycles. The monoisotopic (exact) mass is 579 g/mol. The molecule has 0 atom stereocenters. The van der Waals surface area contributed by atoms with Crippen molar-refractivity contribution in [3.05, 3.63) is 58.6 Å². The average Bonchev–Trinajstić information content (AvgIpc) is 3.39. The van der Waals surface area contributed by atoms with Crippen LogP contribution in [0.5, 0.6) is 0 Å². The van der Waals surface area contributed by atoms with Crippen LogP contribution >= 0.6 is 11.6 Å². The molecule has 10 heteroatoms. The zero-order valence-corrected chi connectivity index (χ0v) is 27.1. The fourth-order valence-corrected chi connectivity index (χ4v) is 4.98. The molecule has 0 unspecified atom stereocenters. The number of halogens is 1. The smallest absolute Gasteiger partial charge is 0.549 e. The molecule has 8 nitrogen and oxygen atoms in total. The average molecular weight is 580 g/mol. The van der Waals surface area contributed by atoms with E-state index in [-0.39, 0.29) is 58.0 Å². The minimum atomic E-state index is -1.04. The molecule has 1 fully saturated rings. The summed E-state index contributed by atoms with van der Waals surface area (Å²) in [6.45, 7) is 7.35. The maximum Gasteiger partial charge on any atom is 1.00 e. The molecule has 0 amide bonds. The third kappa shape index (κ3) is 8.67. The van der Waals surface area contributed by atoms with Crippen LogP contribution in [-0.2, 0) is 27.2 Å². The van der Waals surface area contributed by atoms with Crippen molar-refractivity contribution in [2.24, 2.45) is 11.3 Å². The summed E-state index contributed by atoms with van der Waals surface area (Å²) in [6, 6.07) is 13.9. The van der Waals surface area contributed by atoms with E-state index in [1.165, 1.54) is 0 Å². The molecule has 0 bridgehead atoms. The van der Waals surface area contributed by atoms with Crippen molar-refractivity contribution in [2.75, 3.05) is 40.0 Å². The van der Waals surface area contributed by atoms with Gasteiger partial charge >= 0.3 is 51.4 Å². The van der Waals surface area contributed by atoms with Crippen molar-refractivity contribution in [3.63, 3.8) is 0 Å². The van der Waals surface area contributed by atoms with E-state index in [0.29, 0.717) is 61.8 Å². The van der Waals surface area contributed by atoms with E-state index in [9.17, 15) is 9.90 Å². The molecular weight excluding hydrogens is 545 g/mol. The molecule has 3 aromatic rings. The number of aromatic nitrogens is 2. The number of piperidine rings is 1. The van der Waals surface area contributed by atoms with Gasteiger partial charge in [-0.15, -0.1) is 0 Å². The number of hydrogen-bond acceptors (Lipinski definition) is 8. The minimum Gasteiger partial charge on any atom is -0.549 e. The van der Waals surface area contributed by atoms with Crippen molar-refractivity contribution in [3.8, 4) is 22.8 Å². The maximum atomic E-state index is 11.9. The van der Waals surface area contributed by atoms with Gasteiger partial charge in [-0.05, 0) is 61.5 Å². The van der Waals surface area contributed by atoms with Crippen LogP contribution in [0.3, 0.4) is 0 Å².